The molecule has 4 rings (SSSR count). The minimum absolute atomic E-state index is 0.0270. The van der Waals surface area contributed by atoms with Gasteiger partial charge in [-0.2, -0.15) is 0 Å². The Bertz CT molecular complexity index is 938. The second kappa shape index (κ2) is 9.18. The number of pyridine rings is 1. The van der Waals surface area contributed by atoms with Crippen molar-refractivity contribution in [3.05, 3.63) is 65.0 Å². The quantitative estimate of drug-likeness (QED) is 0.806. The Morgan fingerprint density at radius 1 is 1.16 bits per heavy atom. The standard InChI is InChI=1S/C25H31N3O3/c1-18-3-4-19(2)21(15-18)24(30)28-16-22(25(17-28)8-13-31-14-9-25)23(29)27-12-7-20-5-10-26-11-6-20/h3-6,10-11,15,22H,7-9,12-14,16-17H2,1-2H3,(H,27,29). The Balaban J connectivity index is 1.48. The second-order valence-corrected chi connectivity index (χ2v) is 8.93. The van der Waals surface area contributed by atoms with Crippen LogP contribution in [0.5, 0.6) is 0 Å². The van der Waals surface area contributed by atoms with Crippen molar-refractivity contribution in [2.75, 3.05) is 32.8 Å². The Kier molecular flexibility index (Phi) is 6.37. The number of carbonyl (C=O) groups excluding carboxylic acids is 2. The first-order valence-corrected chi connectivity index (χ1v) is 11.1. The normalized spacial score (nSPS) is 20.1. The van der Waals surface area contributed by atoms with Gasteiger partial charge in [0.15, 0.2) is 0 Å². The van der Waals surface area contributed by atoms with Gasteiger partial charge in [0.1, 0.15) is 0 Å². The highest BCUT2D eigenvalue weighted by molar-refractivity contribution is 5.96. The number of nitrogens with zero attached hydrogens (tertiary/aromatic N) is 2. The molecule has 2 aliphatic rings. The summed E-state index contributed by atoms with van der Waals surface area (Å²) in [4.78, 5) is 32.5. The number of ether oxygens (including phenoxy) is 1. The smallest absolute Gasteiger partial charge is 0.254 e. The molecule has 0 bridgehead atoms. The van der Waals surface area contributed by atoms with Gasteiger partial charge in [0.25, 0.3) is 5.91 Å². The number of amides is 2. The van der Waals surface area contributed by atoms with Crippen molar-refractivity contribution in [2.45, 2.75) is 33.1 Å². The van der Waals surface area contributed by atoms with Crippen molar-refractivity contribution in [3.63, 3.8) is 0 Å². The Labute approximate surface area is 184 Å². The first-order chi connectivity index (χ1) is 15.0. The van der Waals surface area contributed by atoms with Crippen molar-refractivity contribution >= 4 is 11.8 Å². The van der Waals surface area contributed by atoms with Crippen molar-refractivity contribution < 1.29 is 14.3 Å². The van der Waals surface area contributed by atoms with Crippen LogP contribution in [0.15, 0.2) is 42.7 Å². The third-order valence-electron chi connectivity index (χ3n) is 6.83. The number of nitrogens with one attached hydrogen (secondary N) is 1. The number of hydrogen-bond acceptors (Lipinski definition) is 4. The maximum absolute atomic E-state index is 13.4. The van der Waals surface area contributed by atoms with Gasteiger partial charge in [-0.3, -0.25) is 14.6 Å². The molecule has 1 unspecified atom stereocenters. The van der Waals surface area contributed by atoms with E-state index in [4.69, 9.17) is 4.74 Å². The predicted octanol–water partition coefficient (Wildman–Crippen LogP) is 2.93. The zero-order valence-electron chi connectivity index (χ0n) is 18.4. The molecule has 1 atom stereocenters. The molecule has 2 fully saturated rings. The highest BCUT2D eigenvalue weighted by atomic mass is 16.5. The molecule has 1 N–H and O–H groups in total. The van der Waals surface area contributed by atoms with Gasteiger partial charge in [0, 0.05) is 56.2 Å². The number of carbonyl (C=O) groups is 2. The molecule has 0 aliphatic carbocycles. The third kappa shape index (κ3) is 4.64. The fourth-order valence-corrected chi connectivity index (χ4v) is 4.91. The van der Waals surface area contributed by atoms with Crippen LogP contribution in [0.2, 0.25) is 0 Å². The molecule has 1 aromatic heterocycles. The van der Waals surface area contributed by atoms with Crippen molar-refractivity contribution in [1.29, 1.82) is 0 Å². The van der Waals surface area contributed by atoms with Crippen LogP contribution in [0.1, 0.15) is 39.9 Å². The number of aromatic nitrogens is 1. The largest absolute Gasteiger partial charge is 0.381 e. The molecule has 1 spiro atoms. The zero-order valence-corrected chi connectivity index (χ0v) is 18.4. The van der Waals surface area contributed by atoms with Crippen LogP contribution in [-0.2, 0) is 16.0 Å². The molecule has 2 saturated heterocycles. The lowest BCUT2D eigenvalue weighted by Crippen LogP contribution is -2.44. The molecular formula is C25H31N3O3. The molecule has 0 saturated carbocycles. The summed E-state index contributed by atoms with van der Waals surface area (Å²) >= 11 is 0. The summed E-state index contributed by atoms with van der Waals surface area (Å²) < 4.78 is 5.60. The zero-order chi connectivity index (χ0) is 21.8. The first kappa shape index (κ1) is 21.5. The van der Waals surface area contributed by atoms with Crippen LogP contribution in [0.4, 0.5) is 0 Å². The van der Waals surface area contributed by atoms with Crippen LogP contribution in [0, 0.1) is 25.2 Å². The molecule has 3 heterocycles. The highest BCUT2D eigenvalue weighted by Crippen LogP contribution is 2.45. The number of benzene rings is 1. The van der Waals surface area contributed by atoms with Gasteiger partial charge in [0.2, 0.25) is 5.91 Å². The fraction of sp³-hybridized carbons (Fsp3) is 0.480. The van der Waals surface area contributed by atoms with Crippen LogP contribution in [0.3, 0.4) is 0 Å². The first-order valence-electron chi connectivity index (χ1n) is 11.1. The van der Waals surface area contributed by atoms with E-state index in [1.807, 2.05) is 49.1 Å². The van der Waals surface area contributed by atoms with Crippen LogP contribution in [0.25, 0.3) is 0 Å². The van der Waals surface area contributed by atoms with Crippen molar-refractivity contribution in [3.8, 4) is 0 Å². The van der Waals surface area contributed by atoms with Gasteiger partial charge in [-0.1, -0.05) is 17.7 Å². The van der Waals surface area contributed by atoms with E-state index in [0.29, 0.717) is 32.8 Å². The van der Waals surface area contributed by atoms with Gasteiger partial charge in [0.05, 0.1) is 5.92 Å². The van der Waals surface area contributed by atoms with Gasteiger partial charge >= 0.3 is 0 Å². The van der Waals surface area contributed by atoms with E-state index in [1.54, 1.807) is 12.4 Å². The van der Waals surface area contributed by atoms with E-state index in [2.05, 4.69) is 10.3 Å². The molecule has 1 aromatic carbocycles. The highest BCUT2D eigenvalue weighted by Gasteiger charge is 2.51. The number of rotatable bonds is 5. The summed E-state index contributed by atoms with van der Waals surface area (Å²) in [5.41, 5.74) is 3.73. The van der Waals surface area contributed by atoms with Gasteiger partial charge < -0.3 is 15.0 Å². The van der Waals surface area contributed by atoms with E-state index in [-0.39, 0.29) is 23.1 Å². The van der Waals surface area contributed by atoms with E-state index < -0.39 is 0 Å². The van der Waals surface area contributed by atoms with Crippen molar-refractivity contribution in [1.82, 2.24) is 15.2 Å². The average Bonchev–Trinajstić information content (AvgIpc) is 3.14. The lowest BCUT2D eigenvalue weighted by atomic mass is 9.71. The monoisotopic (exact) mass is 421 g/mol. The fourth-order valence-electron chi connectivity index (χ4n) is 4.91. The molecule has 31 heavy (non-hydrogen) atoms. The molecule has 6 heteroatoms. The SMILES string of the molecule is Cc1ccc(C)c(C(=O)N2CC(C(=O)NCCc3ccncc3)C3(CCOCC3)C2)c1. The maximum atomic E-state index is 13.4. The van der Waals surface area contributed by atoms with Crippen LogP contribution in [-0.4, -0.2) is 54.5 Å². The second-order valence-electron chi connectivity index (χ2n) is 8.93. The Morgan fingerprint density at radius 2 is 1.90 bits per heavy atom. The van der Waals surface area contributed by atoms with Crippen LogP contribution >= 0.6 is 0 Å². The number of aryl methyl sites for hydroxylation is 2. The van der Waals surface area contributed by atoms with Gasteiger partial charge in [-0.25, -0.2) is 0 Å². The summed E-state index contributed by atoms with van der Waals surface area (Å²) in [5, 5.41) is 3.13. The van der Waals surface area contributed by atoms with Crippen molar-refractivity contribution in [2.24, 2.45) is 11.3 Å². The van der Waals surface area contributed by atoms with Crippen LogP contribution < -0.4 is 5.32 Å². The average molecular weight is 422 g/mol. The van der Waals surface area contributed by atoms with Gasteiger partial charge in [-0.15, -0.1) is 0 Å². The lowest BCUT2D eigenvalue weighted by Gasteiger charge is -2.37. The third-order valence-corrected chi connectivity index (χ3v) is 6.83. The number of likely N-dealkylation sites (tertiary alicyclic amines) is 1. The molecule has 6 nitrogen and oxygen atoms in total. The summed E-state index contributed by atoms with van der Waals surface area (Å²) in [7, 11) is 0. The summed E-state index contributed by atoms with van der Waals surface area (Å²) in [6, 6.07) is 9.90. The minimum atomic E-state index is -0.206. The lowest BCUT2D eigenvalue weighted by molar-refractivity contribution is -0.129. The Morgan fingerprint density at radius 3 is 2.65 bits per heavy atom. The maximum Gasteiger partial charge on any atom is 0.254 e. The molecule has 2 amide bonds. The summed E-state index contributed by atoms with van der Waals surface area (Å²) in [6.45, 7) is 6.92. The van der Waals surface area contributed by atoms with E-state index >= 15 is 0 Å². The Hall–Kier alpha value is -2.73. The predicted molar refractivity (Wildman–Crippen MR) is 119 cm³/mol. The number of hydrogen-bond donors (Lipinski definition) is 1. The molecule has 2 aliphatic heterocycles. The van der Waals surface area contributed by atoms with Gasteiger partial charge in [-0.05, 0) is 62.4 Å². The summed E-state index contributed by atoms with van der Waals surface area (Å²) in [6.07, 6.45) is 5.92. The molecule has 0 radical (unpaired) electrons. The minimum Gasteiger partial charge on any atom is -0.381 e. The van der Waals surface area contributed by atoms with E-state index in [9.17, 15) is 9.59 Å². The molecule has 164 valence electrons. The topological polar surface area (TPSA) is 71.5 Å². The summed E-state index contributed by atoms with van der Waals surface area (Å²) in [5.74, 6) is -0.130. The molecule has 2 aromatic rings. The molecular weight excluding hydrogens is 390 g/mol. The van der Waals surface area contributed by atoms with E-state index in [0.717, 1.165) is 41.5 Å². The van der Waals surface area contributed by atoms with E-state index in [1.165, 1.54) is 0 Å².